The molecule has 1 fully saturated rings. The minimum absolute atomic E-state index is 0.136. The topological polar surface area (TPSA) is 70.6 Å². The van der Waals surface area contributed by atoms with E-state index < -0.39 is 16.2 Å². The number of rotatable bonds is 6. The minimum Gasteiger partial charge on any atom is -0.320 e. The second-order valence-electron chi connectivity index (χ2n) is 8.18. The van der Waals surface area contributed by atoms with Crippen LogP contribution in [0.25, 0.3) is 10.2 Å². The van der Waals surface area contributed by atoms with Gasteiger partial charge in [0.1, 0.15) is 6.17 Å². The number of fused-ring (bicyclic) bond motifs is 1. The van der Waals surface area contributed by atoms with Gasteiger partial charge in [0.2, 0.25) is 15.9 Å². The standard InChI is InChI=1S/C25H22ClN3O3S3/c1-17-7-10-20(11-8-17)35(31,32)29-14-13-28(24(29)18-5-3-2-4-6-18)23(30)16-33-25-27-21-15-19(26)9-12-22(21)34-25/h2-12,15,24H,13-14,16H2,1H3/t24-/m1/s1. The first-order valence-electron chi connectivity index (χ1n) is 10.9. The van der Waals surface area contributed by atoms with Crippen LogP contribution in [0.2, 0.25) is 5.02 Å². The molecule has 4 aromatic rings. The van der Waals surface area contributed by atoms with Crippen molar-refractivity contribution in [3.8, 4) is 0 Å². The average Bonchev–Trinajstić information content (AvgIpc) is 3.48. The fourth-order valence-corrected chi connectivity index (χ4v) is 7.76. The van der Waals surface area contributed by atoms with E-state index in [2.05, 4.69) is 4.98 Å². The van der Waals surface area contributed by atoms with Gasteiger partial charge in [0.25, 0.3) is 0 Å². The zero-order chi connectivity index (χ0) is 24.6. The van der Waals surface area contributed by atoms with Crippen LogP contribution < -0.4 is 0 Å². The lowest BCUT2D eigenvalue weighted by atomic mass is 10.1. The number of aryl methyl sites for hydroxylation is 1. The van der Waals surface area contributed by atoms with E-state index in [0.717, 1.165) is 25.7 Å². The molecule has 0 N–H and O–H groups in total. The molecule has 3 aromatic carbocycles. The predicted molar refractivity (Wildman–Crippen MR) is 141 cm³/mol. The van der Waals surface area contributed by atoms with E-state index in [1.807, 2.05) is 49.4 Å². The van der Waals surface area contributed by atoms with Crippen LogP contribution >= 0.6 is 34.7 Å². The second kappa shape index (κ2) is 9.91. The van der Waals surface area contributed by atoms with Crippen molar-refractivity contribution in [1.29, 1.82) is 0 Å². The summed E-state index contributed by atoms with van der Waals surface area (Å²) in [6, 6.07) is 21.6. The molecule has 1 aliphatic heterocycles. The van der Waals surface area contributed by atoms with Gasteiger partial charge in [-0.25, -0.2) is 13.4 Å². The number of thioether (sulfide) groups is 1. The molecule has 0 radical (unpaired) electrons. The van der Waals surface area contributed by atoms with Gasteiger partial charge in [-0.1, -0.05) is 71.4 Å². The molecule has 2 heterocycles. The molecule has 10 heteroatoms. The third-order valence-corrected chi connectivity index (χ3v) is 10.1. The molecule has 0 unspecified atom stereocenters. The number of carbonyl (C=O) groups is 1. The smallest absolute Gasteiger partial charge is 0.245 e. The zero-order valence-electron chi connectivity index (χ0n) is 18.8. The summed E-state index contributed by atoms with van der Waals surface area (Å²) in [4.78, 5) is 19.8. The number of halogens is 1. The molecule has 1 amide bonds. The molecular formula is C25H22ClN3O3S3. The lowest BCUT2D eigenvalue weighted by Gasteiger charge is -2.30. The first kappa shape index (κ1) is 24.3. The van der Waals surface area contributed by atoms with Crippen molar-refractivity contribution in [2.24, 2.45) is 0 Å². The van der Waals surface area contributed by atoms with Crippen molar-refractivity contribution < 1.29 is 13.2 Å². The van der Waals surface area contributed by atoms with Gasteiger partial charge in [0.15, 0.2) is 4.34 Å². The molecule has 1 aromatic heterocycles. The van der Waals surface area contributed by atoms with Crippen LogP contribution in [-0.2, 0) is 14.8 Å². The molecule has 180 valence electrons. The van der Waals surface area contributed by atoms with Crippen LogP contribution in [0.15, 0.2) is 82.0 Å². The number of hydrogen-bond acceptors (Lipinski definition) is 6. The van der Waals surface area contributed by atoms with Crippen molar-refractivity contribution in [2.75, 3.05) is 18.8 Å². The van der Waals surface area contributed by atoms with Gasteiger partial charge >= 0.3 is 0 Å². The van der Waals surface area contributed by atoms with Crippen LogP contribution in [0, 0.1) is 6.92 Å². The Labute approximate surface area is 217 Å². The normalized spacial score (nSPS) is 16.7. The predicted octanol–water partition coefficient (Wildman–Crippen LogP) is 5.58. The van der Waals surface area contributed by atoms with E-state index >= 15 is 0 Å². The molecule has 0 saturated carbocycles. The summed E-state index contributed by atoms with van der Waals surface area (Å²) in [5.41, 5.74) is 2.54. The summed E-state index contributed by atoms with van der Waals surface area (Å²) in [7, 11) is -3.80. The quantitative estimate of drug-likeness (QED) is 0.297. The molecule has 6 nitrogen and oxygen atoms in total. The van der Waals surface area contributed by atoms with Gasteiger partial charge in [0.05, 0.1) is 20.9 Å². The van der Waals surface area contributed by atoms with E-state index in [9.17, 15) is 13.2 Å². The summed E-state index contributed by atoms with van der Waals surface area (Å²) in [5, 5.41) is 0.619. The molecule has 5 rings (SSSR count). The molecule has 35 heavy (non-hydrogen) atoms. The van der Waals surface area contributed by atoms with Crippen molar-refractivity contribution in [3.63, 3.8) is 0 Å². The van der Waals surface area contributed by atoms with E-state index in [1.54, 1.807) is 35.2 Å². The molecule has 0 aliphatic carbocycles. The number of hydrogen-bond donors (Lipinski definition) is 0. The van der Waals surface area contributed by atoms with Gasteiger partial charge < -0.3 is 4.90 Å². The Balaban J connectivity index is 1.40. The highest BCUT2D eigenvalue weighted by molar-refractivity contribution is 8.01. The van der Waals surface area contributed by atoms with E-state index in [1.165, 1.54) is 27.4 Å². The number of sulfonamides is 1. The van der Waals surface area contributed by atoms with Crippen LogP contribution in [0.1, 0.15) is 17.3 Å². The average molecular weight is 544 g/mol. The minimum atomic E-state index is -3.80. The Hall–Kier alpha value is -2.43. The highest BCUT2D eigenvalue weighted by atomic mass is 35.5. The number of carbonyl (C=O) groups excluding carboxylic acids is 1. The first-order valence-corrected chi connectivity index (χ1v) is 14.6. The Bertz CT molecular complexity index is 1470. The van der Waals surface area contributed by atoms with Crippen molar-refractivity contribution in [2.45, 2.75) is 22.3 Å². The monoisotopic (exact) mass is 543 g/mol. The SMILES string of the molecule is Cc1ccc(S(=O)(=O)N2CCN(C(=O)CSc3nc4cc(Cl)ccc4s3)[C@H]2c2ccccc2)cc1. The molecular weight excluding hydrogens is 522 g/mol. The molecule has 1 atom stereocenters. The van der Waals surface area contributed by atoms with Crippen LogP contribution in [-0.4, -0.2) is 47.4 Å². The highest BCUT2D eigenvalue weighted by Gasteiger charge is 2.43. The fourth-order valence-electron chi connectivity index (χ4n) is 4.08. The first-order chi connectivity index (χ1) is 16.8. The largest absolute Gasteiger partial charge is 0.320 e. The summed E-state index contributed by atoms with van der Waals surface area (Å²) in [6.07, 6.45) is -0.704. The Kier molecular flexibility index (Phi) is 6.87. The molecule has 1 aliphatic rings. The van der Waals surface area contributed by atoms with Crippen molar-refractivity contribution >= 4 is 60.8 Å². The summed E-state index contributed by atoms with van der Waals surface area (Å²) in [6.45, 7) is 2.46. The Morgan fingerprint density at radius 2 is 1.83 bits per heavy atom. The van der Waals surface area contributed by atoms with Crippen LogP contribution in [0.5, 0.6) is 0 Å². The summed E-state index contributed by atoms with van der Waals surface area (Å²) >= 11 is 8.92. The van der Waals surface area contributed by atoms with E-state index in [-0.39, 0.29) is 23.1 Å². The van der Waals surface area contributed by atoms with E-state index in [0.29, 0.717) is 11.6 Å². The molecule has 1 saturated heterocycles. The molecule has 0 bridgehead atoms. The Morgan fingerprint density at radius 1 is 1.09 bits per heavy atom. The lowest BCUT2D eigenvalue weighted by Crippen LogP contribution is -2.38. The van der Waals surface area contributed by atoms with Gasteiger partial charge in [-0.2, -0.15) is 4.31 Å². The summed E-state index contributed by atoms with van der Waals surface area (Å²) in [5.74, 6) is 0.0257. The number of benzene rings is 3. The van der Waals surface area contributed by atoms with Crippen molar-refractivity contribution in [1.82, 2.24) is 14.2 Å². The third-order valence-electron chi connectivity index (χ3n) is 5.82. The lowest BCUT2D eigenvalue weighted by molar-refractivity contribution is -0.130. The van der Waals surface area contributed by atoms with Crippen LogP contribution in [0.3, 0.4) is 0 Å². The number of thiazole rings is 1. The third kappa shape index (κ3) is 4.96. The van der Waals surface area contributed by atoms with Crippen LogP contribution in [0.4, 0.5) is 0 Å². The fraction of sp³-hybridized carbons (Fsp3) is 0.200. The maximum absolute atomic E-state index is 13.6. The van der Waals surface area contributed by atoms with E-state index in [4.69, 9.17) is 11.6 Å². The van der Waals surface area contributed by atoms with Gasteiger partial charge in [-0.3, -0.25) is 4.79 Å². The molecule has 0 spiro atoms. The van der Waals surface area contributed by atoms with Crippen molar-refractivity contribution in [3.05, 3.63) is 88.9 Å². The zero-order valence-corrected chi connectivity index (χ0v) is 22.0. The van der Waals surface area contributed by atoms with Gasteiger partial charge in [-0.05, 0) is 42.8 Å². The summed E-state index contributed by atoms with van der Waals surface area (Å²) < 4.78 is 30.3. The number of amides is 1. The maximum atomic E-state index is 13.6. The Morgan fingerprint density at radius 3 is 2.57 bits per heavy atom. The number of nitrogens with zero attached hydrogens (tertiary/aromatic N) is 3. The number of aromatic nitrogens is 1. The highest BCUT2D eigenvalue weighted by Crippen LogP contribution is 2.37. The van der Waals surface area contributed by atoms with Gasteiger partial charge in [-0.15, -0.1) is 11.3 Å². The maximum Gasteiger partial charge on any atom is 0.245 e. The van der Waals surface area contributed by atoms with Gasteiger partial charge in [0, 0.05) is 18.1 Å². The second-order valence-corrected chi connectivity index (χ2v) is 12.8.